The molecule has 0 aliphatic heterocycles. The van der Waals surface area contributed by atoms with Crippen molar-refractivity contribution in [3.8, 4) is 0 Å². The average Bonchev–Trinajstić information content (AvgIpc) is 3.09. The number of aromatic nitrogens is 2. The second-order valence-electron chi connectivity index (χ2n) is 7.07. The monoisotopic (exact) mass is 413 g/mol. The Labute approximate surface area is 172 Å². The lowest BCUT2D eigenvalue weighted by Crippen LogP contribution is -2.35. The molecule has 0 saturated carbocycles. The largest absolute Gasteiger partial charge is 0.478 e. The fourth-order valence-corrected chi connectivity index (χ4v) is 4.15. The molecule has 1 aromatic carbocycles. The number of aryl methyl sites for hydroxylation is 3. The summed E-state index contributed by atoms with van der Waals surface area (Å²) < 4.78 is 1.32. The number of thiophene rings is 1. The van der Waals surface area contributed by atoms with E-state index >= 15 is 0 Å². The second kappa shape index (κ2) is 8.16. The lowest BCUT2D eigenvalue weighted by atomic mass is 10.1. The number of carbonyl (C=O) groups excluding carboxylic acids is 1. The molecular weight excluding hydrogens is 390 g/mol. The summed E-state index contributed by atoms with van der Waals surface area (Å²) in [6.07, 6.45) is 1.24. The van der Waals surface area contributed by atoms with Crippen molar-refractivity contribution in [2.75, 3.05) is 5.32 Å². The summed E-state index contributed by atoms with van der Waals surface area (Å²) in [5.41, 5.74) is 2.02. The highest BCUT2D eigenvalue weighted by molar-refractivity contribution is 7.17. The van der Waals surface area contributed by atoms with Gasteiger partial charge in [-0.15, -0.1) is 11.3 Å². The lowest BCUT2D eigenvalue weighted by molar-refractivity contribution is -0.118. The molecule has 2 aromatic heterocycles. The van der Waals surface area contributed by atoms with Crippen LogP contribution in [0.5, 0.6) is 0 Å². The third-order valence-corrected chi connectivity index (χ3v) is 5.71. The predicted octanol–water partition coefficient (Wildman–Crippen LogP) is 3.93. The number of nitrogens with one attached hydrogen (secondary N) is 1. The molecular formula is C21H23N3O4S. The normalized spacial score (nSPS) is 12.1. The van der Waals surface area contributed by atoms with Crippen LogP contribution in [0.2, 0.25) is 0 Å². The van der Waals surface area contributed by atoms with Gasteiger partial charge < -0.3 is 10.4 Å². The molecule has 8 heteroatoms. The van der Waals surface area contributed by atoms with Crippen LogP contribution in [-0.4, -0.2) is 26.5 Å². The Kier molecular flexibility index (Phi) is 5.83. The highest BCUT2D eigenvalue weighted by atomic mass is 32.1. The van der Waals surface area contributed by atoms with E-state index in [2.05, 4.69) is 10.3 Å². The molecule has 3 rings (SSSR count). The number of amides is 1. The molecule has 29 heavy (non-hydrogen) atoms. The molecule has 7 nitrogen and oxygen atoms in total. The highest BCUT2D eigenvalue weighted by Gasteiger charge is 2.25. The first kappa shape index (κ1) is 20.7. The van der Waals surface area contributed by atoms with Gasteiger partial charge in [0.25, 0.3) is 5.56 Å². The smallest absolute Gasteiger partial charge is 0.337 e. The maximum Gasteiger partial charge on any atom is 0.337 e. The van der Waals surface area contributed by atoms with E-state index in [0.29, 0.717) is 22.8 Å². The van der Waals surface area contributed by atoms with Crippen molar-refractivity contribution < 1.29 is 14.7 Å². The Morgan fingerprint density at radius 3 is 2.69 bits per heavy atom. The minimum atomic E-state index is -1.18. The van der Waals surface area contributed by atoms with Gasteiger partial charge in [0.15, 0.2) is 0 Å². The minimum Gasteiger partial charge on any atom is -0.478 e. The molecule has 0 saturated heterocycles. The molecule has 0 aliphatic rings. The van der Waals surface area contributed by atoms with E-state index in [4.69, 9.17) is 0 Å². The van der Waals surface area contributed by atoms with E-state index in [1.165, 1.54) is 9.95 Å². The SMILES string of the molecule is CCCc1nc2scc(C(=O)O)c2c(=O)n1C(C)C(=O)Nc1cc(C)ccc1C. The highest BCUT2D eigenvalue weighted by Crippen LogP contribution is 2.24. The molecule has 0 bridgehead atoms. The quantitative estimate of drug-likeness (QED) is 0.638. The number of carboxylic acid groups (broad SMARTS) is 1. The molecule has 152 valence electrons. The van der Waals surface area contributed by atoms with Crippen molar-refractivity contribution in [2.45, 2.75) is 46.6 Å². The van der Waals surface area contributed by atoms with Gasteiger partial charge in [0.1, 0.15) is 16.7 Å². The summed E-state index contributed by atoms with van der Waals surface area (Å²) in [7, 11) is 0. The Morgan fingerprint density at radius 1 is 1.31 bits per heavy atom. The van der Waals surface area contributed by atoms with E-state index in [1.807, 2.05) is 39.0 Å². The first-order valence-electron chi connectivity index (χ1n) is 9.38. The fourth-order valence-electron chi connectivity index (χ4n) is 3.23. The molecule has 2 N–H and O–H groups in total. The summed E-state index contributed by atoms with van der Waals surface area (Å²) in [6.45, 7) is 7.41. The van der Waals surface area contributed by atoms with Crippen molar-refractivity contribution >= 4 is 39.1 Å². The van der Waals surface area contributed by atoms with Crippen LogP contribution in [0.4, 0.5) is 5.69 Å². The molecule has 2 heterocycles. The number of anilines is 1. The maximum absolute atomic E-state index is 13.2. The van der Waals surface area contributed by atoms with Crippen LogP contribution >= 0.6 is 11.3 Å². The lowest BCUT2D eigenvalue weighted by Gasteiger charge is -2.19. The van der Waals surface area contributed by atoms with Gasteiger partial charge in [0.2, 0.25) is 5.91 Å². The number of benzene rings is 1. The third-order valence-electron chi connectivity index (χ3n) is 4.83. The first-order valence-corrected chi connectivity index (χ1v) is 10.3. The Balaban J connectivity index is 2.09. The van der Waals surface area contributed by atoms with Gasteiger partial charge in [-0.25, -0.2) is 9.78 Å². The molecule has 0 fully saturated rings. The summed E-state index contributed by atoms with van der Waals surface area (Å²) in [4.78, 5) is 42.6. The topological polar surface area (TPSA) is 101 Å². The zero-order valence-corrected chi connectivity index (χ0v) is 17.6. The van der Waals surface area contributed by atoms with Gasteiger partial charge in [-0.05, 0) is 44.4 Å². The molecule has 0 aliphatic carbocycles. The minimum absolute atomic E-state index is 0.0498. The zero-order chi connectivity index (χ0) is 21.3. The maximum atomic E-state index is 13.2. The van der Waals surface area contributed by atoms with Gasteiger partial charge in [0.05, 0.1) is 10.9 Å². The average molecular weight is 413 g/mol. The van der Waals surface area contributed by atoms with E-state index in [-0.39, 0.29) is 16.9 Å². The molecule has 3 aromatic rings. The van der Waals surface area contributed by atoms with Crippen LogP contribution in [0.15, 0.2) is 28.4 Å². The third kappa shape index (κ3) is 3.93. The second-order valence-corrected chi connectivity index (χ2v) is 7.93. The summed E-state index contributed by atoms with van der Waals surface area (Å²) in [6, 6.07) is 4.91. The van der Waals surface area contributed by atoms with Gasteiger partial charge in [-0.3, -0.25) is 14.2 Å². The van der Waals surface area contributed by atoms with Crippen LogP contribution in [0.25, 0.3) is 10.2 Å². The van der Waals surface area contributed by atoms with E-state index in [0.717, 1.165) is 28.9 Å². The number of nitrogens with zero attached hydrogens (tertiary/aromatic N) is 2. The summed E-state index contributed by atoms with van der Waals surface area (Å²) in [5, 5.41) is 13.8. The number of hydrogen-bond donors (Lipinski definition) is 2. The number of carbonyl (C=O) groups is 2. The Bertz CT molecular complexity index is 1160. The standard InChI is InChI=1S/C21H23N3O4S/c1-5-6-16-23-19-17(14(10-29-19)21(27)28)20(26)24(16)13(4)18(25)22-15-9-11(2)7-8-12(15)3/h7-10,13H,5-6H2,1-4H3,(H,22,25)(H,27,28). The van der Waals surface area contributed by atoms with Crippen LogP contribution < -0.4 is 10.9 Å². The number of rotatable bonds is 6. The predicted molar refractivity (Wildman–Crippen MR) is 114 cm³/mol. The molecule has 1 amide bonds. The van der Waals surface area contributed by atoms with Gasteiger partial charge in [0, 0.05) is 17.5 Å². The van der Waals surface area contributed by atoms with Crippen molar-refractivity contribution in [3.05, 3.63) is 56.4 Å². The Hall–Kier alpha value is -3.00. The number of aromatic carboxylic acids is 1. The molecule has 1 unspecified atom stereocenters. The van der Waals surface area contributed by atoms with Gasteiger partial charge in [-0.1, -0.05) is 19.1 Å². The van der Waals surface area contributed by atoms with Crippen LogP contribution in [0, 0.1) is 13.8 Å². The summed E-state index contributed by atoms with van der Waals surface area (Å²) >= 11 is 1.13. The van der Waals surface area contributed by atoms with Crippen molar-refractivity contribution in [3.63, 3.8) is 0 Å². The Morgan fingerprint density at radius 2 is 2.03 bits per heavy atom. The summed E-state index contributed by atoms with van der Waals surface area (Å²) in [5.74, 6) is -1.06. The van der Waals surface area contributed by atoms with Crippen molar-refractivity contribution in [1.82, 2.24) is 9.55 Å². The van der Waals surface area contributed by atoms with E-state index < -0.39 is 17.6 Å². The first-order chi connectivity index (χ1) is 13.7. The molecule has 0 radical (unpaired) electrons. The van der Waals surface area contributed by atoms with Crippen molar-refractivity contribution in [2.24, 2.45) is 0 Å². The van der Waals surface area contributed by atoms with Crippen LogP contribution in [0.3, 0.4) is 0 Å². The fraction of sp³-hybridized carbons (Fsp3) is 0.333. The van der Waals surface area contributed by atoms with E-state index in [9.17, 15) is 19.5 Å². The van der Waals surface area contributed by atoms with Crippen molar-refractivity contribution in [1.29, 1.82) is 0 Å². The van der Waals surface area contributed by atoms with Gasteiger partial charge >= 0.3 is 5.97 Å². The molecule has 0 spiro atoms. The van der Waals surface area contributed by atoms with Gasteiger partial charge in [-0.2, -0.15) is 0 Å². The zero-order valence-electron chi connectivity index (χ0n) is 16.8. The number of carboxylic acids is 1. The number of fused-ring (bicyclic) bond motifs is 1. The van der Waals surface area contributed by atoms with E-state index in [1.54, 1.807) is 6.92 Å². The number of hydrogen-bond acceptors (Lipinski definition) is 5. The van der Waals surface area contributed by atoms with Crippen LogP contribution in [0.1, 0.15) is 53.6 Å². The van der Waals surface area contributed by atoms with Crippen LogP contribution in [-0.2, 0) is 11.2 Å². The molecule has 1 atom stereocenters.